The fraction of sp³-hybridized carbons (Fsp3) is 0.929. The lowest BCUT2D eigenvalue weighted by atomic mass is 9.83. The van der Waals surface area contributed by atoms with Crippen LogP contribution in [0.1, 0.15) is 52.4 Å². The number of aliphatic hydroxyl groups is 1. The van der Waals surface area contributed by atoms with Crippen molar-refractivity contribution in [3.63, 3.8) is 0 Å². The SMILES string of the molecule is CC1(O)CCCN(C(=O)C2(C)CCCC2N)CC1. The molecule has 18 heavy (non-hydrogen) atoms. The number of hydrogen-bond acceptors (Lipinski definition) is 3. The van der Waals surface area contributed by atoms with Gasteiger partial charge in [0.1, 0.15) is 0 Å². The third-order valence-electron chi connectivity index (χ3n) is 4.87. The highest BCUT2D eigenvalue weighted by Gasteiger charge is 2.45. The van der Waals surface area contributed by atoms with Gasteiger partial charge in [-0.3, -0.25) is 4.79 Å². The van der Waals surface area contributed by atoms with Crippen LogP contribution in [0.2, 0.25) is 0 Å². The van der Waals surface area contributed by atoms with Crippen molar-refractivity contribution in [3.8, 4) is 0 Å². The molecule has 2 aliphatic rings. The van der Waals surface area contributed by atoms with E-state index in [-0.39, 0.29) is 17.4 Å². The summed E-state index contributed by atoms with van der Waals surface area (Å²) in [4.78, 5) is 14.6. The molecule has 0 bridgehead atoms. The Labute approximate surface area is 110 Å². The summed E-state index contributed by atoms with van der Waals surface area (Å²) in [7, 11) is 0. The number of likely N-dealkylation sites (tertiary alicyclic amines) is 1. The molecular weight excluding hydrogens is 228 g/mol. The molecule has 2 rings (SSSR count). The summed E-state index contributed by atoms with van der Waals surface area (Å²) >= 11 is 0. The van der Waals surface area contributed by atoms with E-state index in [0.29, 0.717) is 13.0 Å². The van der Waals surface area contributed by atoms with E-state index < -0.39 is 5.60 Å². The third-order valence-corrected chi connectivity index (χ3v) is 4.87. The zero-order valence-electron chi connectivity index (χ0n) is 11.6. The van der Waals surface area contributed by atoms with Crippen molar-refractivity contribution in [1.82, 2.24) is 4.90 Å². The van der Waals surface area contributed by atoms with Gasteiger partial charge in [0.15, 0.2) is 0 Å². The van der Waals surface area contributed by atoms with Gasteiger partial charge in [-0.05, 0) is 46.0 Å². The van der Waals surface area contributed by atoms with E-state index in [2.05, 4.69) is 0 Å². The lowest BCUT2D eigenvalue weighted by Gasteiger charge is -2.34. The van der Waals surface area contributed by atoms with Gasteiger partial charge in [-0.2, -0.15) is 0 Å². The van der Waals surface area contributed by atoms with Crippen molar-refractivity contribution in [2.75, 3.05) is 13.1 Å². The third kappa shape index (κ3) is 2.54. The predicted octanol–water partition coefficient (Wildman–Crippen LogP) is 1.27. The molecule has 1 heterocycles. The average molecular weight is 254 g/mol. The quantitative estimate of drug-likeness (QED) is 0.740. The molecule has 0 aromatic rings. The number of rotatable bonds is 1. The molecule has 1 aliphatic carbocycles. The van der Waals surface area contributed by atoms with Crippen LogP contribution in [0, 0.1) is 5.41 Å². The molecule has 0 aromatic carbocycles. The summed E-state index contributed by atoms with van der Waals surface area (Å²) in [6.45, 7) is 5.30. The van der Waals surface area contributed by atoms with Crippen LogP contribution in [0.4, 0.5) is 0 Å². The van der Waals surface area contributed by atoms with Gasteiger partial charge in [0, 0.05) is 19.1 Å². The molecule has 4 nitrogen and oxygen atoms in total. The fourth-order valence-corrected chi connectivity index (χ4v) is 3.29. The van der Waals surface area contributed by atoms with Gasteiger partial charge in [0.05, 0.1) is 11.0 Å². The first-order chi connectivity index (χ1) is 8.35. The van der Waals surface area contributed by atoms with Crippen LogP contribution in [-0.2, 0) is 4.79 Å². The van der Waals surface area contributed by atoms with Gasteiger partial charge in [-0.1, -0.05) is 6.42 Å². The zero-order chi connectivity index (χ0) is 13.4. The molecule has 1 saturated carbocycles. The second-order valence-corrected chi connectivity index (χ2v) is 6.56. The lowest BCUT2D eigenvalue weighted by Crippen LogP contribution is -2.49. The minimum Gasteiger partial charge on any atom is -0.390 e. The van der Waals surface area contributed by atoms with Crippen LogP contribution in [0.15, 0.2) is 0 Å². The van der Waals surface area contributed by atoms with Gasteiger partial charge < -0.3 is 15.7 Å². The second kappa shape index (κ2) is 4.82. The summed E-state index contributed by atoms with van der Waals surface area (Å²) in [5, 5.41) is 10.1. The van der Waals surface area contributed by atoms with Crippen molar-refractivity contribution in [2.45, 2.75) is 64.0 Å². The van der Waals surface area contributed by atoms with E-state index in [0.717, 1.165) is 38.6 Å². The normalized spacial score (nSPS) is 41.8. The number of amides is 1. The summed E-state index contributed by atoms with van der Waals surface area (Å²) in [6, 6.07) is -0.00577. The molecule has 0 spiro atoms. The number of carbonyl (C=O) groups excluding carboxylic acids is 1. The molecule has 3 N–H and O–H groups in total. The molecule has 3 atom stereocenters. The summed E-state index contributed by atoms with van der Waals surface area (Å²) < 4.78 is 0. The zero-order valence-corrected chi connectivity index (χ0v) is 11.6. The Hall–Kier alpha value is -0.610. The smallest absolute Gasteiger partial charge is 0.230 e. The van der Waals surface area contributed by atoms with Crippen LogP contribution in [0.5, 0.6) is 0 Å². The standard InChI is InChI=1S/C14H26N2O2/c1-13(18)6-4-9-16(10-8-13)12(17)14(2)7-3-5-11(14)15/h11,18H,3-10,15H2,1-2H3. The van der Waals surface area contributed by atoms with Gasteiger partial charge >= 0.3 is 0 Å². The largest absolute Gasteiger partial charge is 0.390 e. The van der Waals surface area contributed by atoms with Gasteiger partial charge in [-0.15, -0.1) is 0 Å². The van der Waals surface area contributed by atoms with Crippen molar-refractivity contribution >= 4 is 5.91 Å². The number of hydrogen-bond donors (Lipinski definition) is 2. The highest BCUT2D eigenvalue weighted by molar-refractivity contribution is 5.83. The molecule has 1 saturated heterocycles. The topological polar surface area (TPSA) is 66.6 Å². The van der Waals surface area contributed by atoms with Crippen LogP contribution < -0.4 is 5.73 Å². The predicted molar refractivity (Wildman–Crippen MR) is 71.0 cm³/mol. The van der Waals surface area contributed by atoms with Crippen LogP contribution in [0.25, 0.3) is 0 Å². The summed E-state index contributed by atoms with van der Waals surface area (Å²) in [6.07, 6.45) is 5.23. The molecule has 2 fully saturated rings. The number of nitrogens with zero attached hydrogens (tertiary/aromatic N) is 1. The maximum atomic E-state index is 12.7. The fourth-order valence-electron chi connectivity index (χ4n) is 3.29. The summed E-state index contributed by atoms with van der Waals surface area (Å²) in [5.41, 5.74) is 5.12. The molecule has 3 unspecified atom stereocenters. The van der Waals surface area contributed by atoms with E-state index >= 15 is 0 Å². The van der Waals surface area contributed by atoms with Crippen molar-refractivity contribution < 1.29 is 9.90 Å². The number of carbonyl (C=O) groups is 1. The van der Waals surface area contributed by atoms with Gasteiger partial charge in [0.2, 0.25) is 5.91 Å². The first-order valence-corrected chi connectivity index (χ1v) is 7.12. The van der Waals surface area contributed by atoms with E-state index in [1.54, 1.807) is 0 Å². The molecule has 0 radical (unpaired) electrons. The average Bonchev–Trinajstić information content (AvgIpc) is 2.54. The maximum absolute atomic E-state index is 12.7. The minimum absolute atomic E-state index is 0.00577. The molecule has 4 heteroatoms. The Kier molecular flexibility index (Phi) is 3.70. The Bertz CT molecular complexity index is 330. The minimum atomic E-state index is -0.617. The Morgan fingerprint density at radius 3 is 2.56 bits per heavy atom. The summed E-state index contributed by atoms with van der Waals surface area (Å²) in [5.74, 6) is 0.199. The molecular formula is C14H26N2O2. The maximum Gasteiger partial charge on any atom is 0.230 e. The van der Waals surface area contributed by atoms with Crippen molar-refractivity contribution in [1.29, 1.82) is 0 Å². The molecule has 104 valence electrons. The van der Waals surface area contributed by atoms with E-state index in [1.807, 2.05) is 18.7 Å². The Morgan fingerprint density at radius 2 is 1.94 bits per heavy atom. The molecule has 1 amide bonds. The van der Waals surface area contributed by atoms with Crippen LogP contribution >= 0.6 is 0 Å². The van der Waals surface area contributed by atoms with E-state index in [4.69, 9.17) is 5.73 Å². The Morgan fingerprint density at radius 1 is 1.22 bits per heavy atom. The molecule has 0 aromatic heterocycles. The molecule has 1 aliphatic heterocycles. The van der Waals surface area contributed by atoms with Crippen molar-refractivity contribution in [3.05, 3.63) is 0 Å². The second-order valence-electron chi connectivity index (χ2n) is 6.56. The van der Waals surface area contributed by atoms with Crippen molar-refractivity contribution in [2.24, 2.45) is 11.1 Å². The number of nitrogens with two attached hydrogens (primary N) is 1. The first-order valence-electron chi connectivity index (χ1n) is 7.12. The van der Waals surface area contributed by atoms with Crippen LogP contribution in [0.3, 0.4) is 0 Å². The Balaban J connectivity index is 2.05. The van der Waals surface area contributed by atoms with Gasteiger partial charge in [-0.25, -0.2) is 0 Å². The van der Waals surface area contributed by atoms with E-state index in [9.17, 15) is 9.90 Å². The highest BCUT2D eigenvalue weighted by atomic mass is 16.3. The first kappa shape index (κ1) is 13.8. The van der Waals surface area contributed by atoms with E-state index in [1.165, 1.54) is 0 Å². The van der Waals surface area contributed by atoms with Crippen LogP contribution in [-0.4, -0.2) is 40.6 Å². The monoisotopic (exact) mass is 254 g/mol. The highest BCUT2D eigenvalue weighted by Crippen LogP contribution is 2.39. The lowest BCUT2D eigenvalue weighted by molar-refractivity contribution is -0.141. The van der Waals surface area contributed by atoms with Gasteiger partial charge in [0.25, 0.3) is 0 Å².